The van der Waals surface area contributed by atoms with Gasteiger partial charge in [0.25, 0.3) is 0 Å². The fourth-order valence-electron chi connectivity index (χ4n) is 3.29. The van der Waals surface area contributed by atoms with E-state index >= 15 is 0 Å². The number of nitrogens with zero attached hydrogens (tertiary/aromatic N) is 2. The predicted octanol–water partition coefficient (Wildman–Crippen LogP) is 1.98. The van der Waals surface area contributed by atoms with Crippen molar-refractivity contribution in [3.05, 3.63) is 25.3 Å². The summed E-state index contributed by atoms with van der Waals surface area (Å²) in [5, 5.41) is 0. The normalized spacial score (nSPS) is 23.1. The summed E-state index contributed by atoms with van der Waals surface area (Å²) in [5.41, 5.74) is 0. The van der Waals surface area contributed by atoms with Crippen molar-refractivity contribution in [1.29, 1.82) is 0 Å². The summed E-state index contributed by atoms with van der Waals surface area (Å²) in [7, 11) is 0. The van der Waals surface area contributed by atoms with Crippen molar-refractivity contribution in [2.75, 3.05) is 19.6 Å². The molecule has 4 nitrogen and oxygen atoms in total. The van der Waals surface area contributed by atoms with E-state index in [9.17, 15) is 9.59 Å². The van der Waals surface area contributed by atoms with E-state index in [-0.39, 0.29) is 17.7 Å². The van der Waals surface area contributed by atoms with Crippen LogP contribution in [0.5, 0.6) is 0 Å². The van der Waals surface area contributed by atoms with E-state index in [0.29, 0.717) is 32.1 Å². The van der Waals surface area contributed by atoms with Gasteiger partial charge >= 0.3 is 0 Å². The van der Waals surface area contributed by atoms with Crippen LogP contribution in [0.2, 0.25) is 0 Å². The zero-order valence-electron chi connectivity index (χ0n) is 12.1. The van der Waals surface area contributed by atoms with Crippen molar-refractivity contribution < 1.29 is 9.59 Å². The maximum atomic E-state index is 12.5. The molecule has 0 radical (unpaired) electrons. The predicted molar refractivity (Wildman–Crippen MR) is 79.1 cm³/mol. The molecule has 1 aliphatic heterocycles. The first-order chi connectivity index (χ1) is 9.67. The third kappa shape index (κ3) is 3.11. The third-order valence-corrected chi connectivity index (χ3v) is 4.28. The Labute approximate surface area is 121 Å². The first kappa shape index (κ1) is 14.8. The minimum atomic E-state index is -0.192. The largest absolute Gasteiger partial charge is 0.339 e. The van der Waals surface area contributed by atoms with Gasteiger partial charge in [-0.3, -0.25) is 9.59 Å². The number of carbonyl (C=O) groups excluding carboxylic acids is 2. The molecule has 2 aliphatic rings. The van der Waals surface area contributed by atoms with Gasteiger partial charge in [-0.2, -0.15) is 0 Å². The Hall–Kier alpha value is -1.58. The number of rotatable bonds is 6. The highest BCUT2D eigenvalue weighted by Crippen LogP contribution is 2.30. The van der Waals surface area contributed by atoms with Gasteiger partial charge in [0.05, 0.1) is 5.92 Å². The Kier molecular flexibility index (Phi) is 4.99. The molecule has 0 spiro atoms. The molecule has 0 aromatic rings. The summed E-state index contributed by atoms with van der Waals surface area (Å²) in [6, 6.07) is 0.368. The van der Waals surface area contributed by atoms with Gasteiger partial charge in [0.15, 0.2) is 0 Å². The van der Waals surface area contributed by atoms with Crippen LogP contribution in [0.15, 0.2) is 25.3 Å². The minimum Gasteiger partial charge on any atom is -0.339 e. The van der Waals surface area contributed by atoms with Crippen LogP contribution in [0.3, 0.4) is 0 Å². The Balaban J connectivity index is 1.98. The number of likely N-dealkylation sites (tertiary alicyclic amines) is 1. The minimum absolute atomic E-state index is 0.0543. The number of carbonyl (C=O) groups is 2. The third-order valence-electron chi connectivity index (χ3n) is 4.28. The molecule has 0 unspecified atom stereocenters. The van der Waals surface area contributed by atoms with Crippen LogP contribution in [-0.2, 0) is 9.59 Å². The van der Waals surface area contributed by atoms with E-state index in [1.165, 1.54) is 12.8 Å². The van der Waals surface area contributed by atoms with Crippen molar-refractivity contribution in [2.24, 2.45) is 5.92 Å². The van der Waals surface area contributed by atoms with E-state index in [0.717, 1.165) is 12.8 Å². The van der Waals surface area contributed by atoms with Gasteiger partial charge in [0.2, 0.25) is 11.8 Å². The van der Waals surface area contributed by atoms with Gasteiger partial charge in [-0.25, -0.2) is 0 Å². The maximum absolute atomic E-state index is 12.5. The molecule has 1 heterocycles. The van der Waals surface area contributed by atoms with Crippen molar-refractivity contribution in [3.63, 3.8) is 0 Å². The highest BCUT2D eigenvalue weighted by atomic mass is 16.2. The van der Waals surface area contributed by atoms with Crippen LogP contribution in [0.1, 0.15) is 32.1 Å². The molecule has 1 aliphatic carbocycles. The molecule has 110 valence electrons. The lowest BCUT2D eigenvalue weighted by atomic mass is 10.1. The fraction of sp³-hybridized carbons (Fsp3) is 0.625. The van der Waals surface area contributed by atoms with Crippen molar-refractivity contribution in [3.8, 4) is 0 Å². The van der Waals surface area contributed by atoms with Gasteiger partial charge in [-0.05, 0) is 12.8 Å². The van der Waals surface area contributed by atoms with Crippen LogP contribution in [0, 0.1) is 5.92 Å². The molecule has 2 amide bonds. The van der Waals surface area contributed by atoms with Gasteiger partial charge in [0, 0.05) is 32.1 Å². The molecule has 0 bridgehead atoms. The molecule has 1 atom stereocenters. The lowest BCUT2D eigenvalue weighted by Crippen LogP contribution is -2.39. The molecule has 0 N–H and O–H groups in total. The van der Waals surface area contributed by atoms with Crippen molar-refractivity contribution in [2.45, 2.75) is 38.1 Å². The van der Waals surface area contributed by atoms with Crippen LogP contribution in [0.4, 0.5) is 0 Å². The SMILES string of the molecule is C=CCN(CC=C)C(=O)[C@H]1CC(=O)N(C2CCCC2)C1. The van der Waals surface area contributed by atoms with Crippen LogP contribution in [-0.4, -0.2) is 47.3 Å². The van der Waals surface area contributed by atoms with Gasteiger partial charge in [-0.15, -0.1) is 13.2 Å². The average molecular weight is 276 g/mol. The monoisotopic (exact) mass is 276 g/mol. The summed E-state index contributed by atoms with van der Waals surface area (Å²) in [5.74, 6) is 0.00838. The fourth-order valence-corrected chi connectivity index (χ4v) is 3.29. The van der Waals surface area contributed by atoms with Gasteiger partial charge in [-0.1, -0.05) is 25.0 Å². The topological polar surface area (TPSA) is 40.6 Å². The highest BCUT2D eigenvalue weighted by Gasteiger charge is 2.39. The van der Waals surface area contributed by atoms with E-state index < -0.39 is 0 Å². The Morgan fingerprint density at radius 1 is 1.25 bits per heavy atom. The molecular formula is C16H24N2O2. The first-order valence-corrected chi connectivity index (χ1v) is 7.47. The average Bonchev–Trinajstić information content (AvgIpc) is 3.06. The lowest BCUT2D eigenvalue weighted by molar-refractivity contribution is -0.134. The zero-order chi connectivity index (χ0) is 14.5. The summed E-state index contributed by atoms with van der Waals surface area (Å²) in [6.45, 7) is 8.97. The lowest BCUT2D eigenvalue weighted by Gasteiger charge is -2.25. The number of hydrogen-bond acceptors (Lipinski definition) is 2. The Bertz CT molecular complexity index is 389. The van der Waals surface area contributed by atoms with E-state index in [1.807, 2.05) is 4.90 Å². The molecule has 0 aromatic carbocycles. The van der Waals surface area contributed by atoms with Gasteiger partial charge < -0.3 is 9.80 Å². The second-order valence-electron chi connectivity index (χ2n) is 5.71. The van der Waals surface area contributed by atoms with Crippen molar-refractivity contribution >= 4 is 11.8 Å². The van der Waals surface area contributed by atoms with Crippen LogP contribution >= 0.6 is 0 Å². The molecule has 20 heavy (non-hydrogen) atoms. The summed E-state index contributed by atoms with van der Waals surface area (Å²) >= 11 is 0. The molecule has 0 aromatic heterocycles. The van der Waals surface area contributed by atoms with Crippen LogP contribution in [0.25, 0.3) is 0 Å². The first-order valence-electron chi connectivity index (χ1n) is 7.47. The Morgan fingerprint density at radius 3 is 2.40 bits per heavy atom. The quantitative estimate of drug-likeness (QED) is 0.696. The summed E-state index contributed by atoms with van der Waals surface area (Å²) in [6.07, 6.45) is 8.38. The molecule has 1 saturated carbocycles. The maximum Gasteiger partial charge on any atom is 0.228 e. The standard InChI is InChI=1S/C16H24N2O2/c1-3-9-17(10-4-2)16(20)13-11-15(19)18(12-13)14-7-5-6-8-14/h3-4,13-14H,1-2,5-12H2/t13-/m0/s1. The molecule has 2 fully saturated rings. The number of hydrogen-bond donors (Lipinski definition) is 0. The van der Waals surface area contributed by atoms with Gasteiger partial charge in [0.1, 0.15) is 0 Å². The molecular weight excluding hydrogens is 252 g/mol. The highest BCUT2D eigenvalue weighted by molar-refractivity contribution is 5.89. The molecule has 4 heteroatoms. The second-order valence-corrected chi connectivity index (χ2v) is 5.71. The second kappa shape index (κ2) is 6.73. The van der Waals surface area contributed by atoms with Crippen LogP contribution < -0.4 is 0 Å². The molecule has 1 saturated heterocycles. The number of amides is 2. The van der Waals surface area contributed by atoms with E-state index in [4.69, 9.17) is 0 Å². The van der Waals surface area contributed by atoms with E-state index in [1.54, 1.807) is 17.1 Å². The summed E-state index contributed by atoms with van der Waals surface area (Å²) < 4.78 is 0. The van der Waals surface area contributed by atoms with E-state index in [2.05, 4.69) is 13.2 Å². The Morgan fingerprint density at radius 2 is 1.85 bits per heavy atom. The zero-order valence-corrected chi connectivity index (χ0v) is 12.1. The smallest absolute Gasteiger partial charge is 0.228 e. The summed E-state index contributed by atoms with van der Waals surface area (Å²) in [4.78, 5) is 28.3. The van der Waals surface area contributed by atoms with Crippen molar-refractivity contribution in [1.82, 2.24) is 9.80 Å². The molecule has 2 rings (SSSR count).